The van der Waals surface area contributed by atoms with Crippen LogP contribution >= 0.6 is 0 Å². The summed E-state index contributed by atoms with van der Waals surface area (Å²) in [5.74, 6) is 1.67. The Balaban J connectivity index is 3.04. The number of nitrogens with one attached hydrogen (secondary N) is 2. The summed E-state index contributed by atoms with van der Waals surface area (Å²) in [5, 5.41) is 5.84. The van der Waals surface area contributed by atoms with Crippen molar-refractivity contribution in [3.63, 3.8) is 0 Å². The molecule has 1 rings (SSSR count). The minimum absolute atomic E-state index is 0.0500. The molecule has 0 aliphatic heterocycles. The molecule has 2 unspecified atom stereocenters. The molecule has 1 aromatic carbocycles. The highest BCUT2D eigenvalue weighted by Crippen LogP contribution is 2.39. The van der Waals surface area contributed by atoms with Gasteiger partial charge in [-0.2, -0.15) is 0 Å². The van der Waals surface area contributed by atoms with E-state index >= 15 is 0 Å². The lowest BCUT2D eigenvalue weighted by Crippen LogP contribution is -2.41. The van der Waals surface area contributed by atoms with Gasteiger partial charge in [-0.1, -0.05) is 0 Å². The Hall–Kier alpha value is -1.95. The zero-order valence-corrected chi connectivity index (χ0v) is 13.4. The van der Waals surface area contributed by atoms with Gasteiger partial charge >= 0.3 is 0 Å². The van der Waals surface area contributed by atoms with Crippen molar-refractivity contribution in [1.82, 2.24) is 10.6 Å². The fraction of sp³-hybridized carbons (Fsp3) is 0.533. The van der Waals surface area contributed by atoms with E-state index in [1.54, 1.807) is 28.4 Å². The third-order valence-electron chi connectivity index (χ3n) is 3.33. The number of amides is 1. The number of rotatable bonds is 7. The van der Waals surface area contributed by atoms with Crippen LogP contribution in [0.3, 0.4) is 0 Å². The van der Waals surface area contributed by atoms with E-state index in [1.165, 1.54) is 0 Å². The third-order valence-corrected chi connectivity index (χ3v) is 3.33. The molecule has 2 atom stereocenters. The van der Waals surface area contributed by atoms with Crippen molar-refractivity contribution in [3.05, 3.63) is 17.7 Å². The van der Waals surface area contributed by atoms with Crippen LogP contribution in [-0.2, 0) is 4.79 Å². The molecule has 0 radical (unpaired) electrons. The number of benzene rings is 1. The van der Waals surface area contributed by atoms with Crippen LogP contribution in [0.4, 0.5) is 0 Å². The zero-order chi connectivity index (χ0) is 16.0. The molecule has 0 aliphatic carbocycles. The predicted octanol–water partition coefficient (Wildman–Crippen LogP) is 1.50. The van der Waals surface area contributed by atoms with Crippen molar-refractivity contribution >= 4 is 5.91 Å². The summed E-state index contributed by atoms with van der Waals surface area (Å²) in [4.78, 5) is 11.6. The monoisotopic (exact) mass is 296 g/mol. The fourth-order valence-corrected chi connectivity index (χ4v) is 2.11. The SMILES string of the molecule is CNC(=O)C(C)NC(C)c1cc(OC)c(OC)c(OC)c1. The Labute approximate surface area is 125 Å². The van der Waals surface area contributed by atoms with Gasteiger partial charge in [0, 0.05) is 13.1 Å². The quantitative estimate of drug-likeness (QED) is 0.798. The lowest BCUT2D eigenvalue weighted by Gasteiger charge is -2.21. The molecule has 2 N–H and O–H groups in total. The van der Waals surface area contributed by atoms with E-state index in [0.29, 0.717) is 17.2 Å². The van der Waals surface area contributed by atoms with Crippen molar-refractivity contribution < 1.29 is 19.0 Å². The Kier molecular flexibility index (Phi) is 6.30. The lowest BCUT2D eigenvalue weighted by molar-refractivity contribution is -0.122. The van der Waals surface area contributed by atoms with E-state index in [-0.39, 0.29) is 18.0 Å². The third kappa shape index (κ3) is 4.01. The largest absolute Gasteiger partial charge is 0.493 e. The minimum Gasteiger partial charge on any atom is -0.493 e. The Morgan fingerprint density at radius 1 is 1.05 bits per heavy atom. The van der Waals surface area contributed by atoms with Gasteiger partial charge < -0.3 is 19.5 Å². The first-order chi connectivity index (χ1) is 9.98. The number of carbonyl (C=O) groups excluding carboxylic acids is 1. The van der Waals surface area contributed by atoms with Gasteiger partial charge in [0.15, 0.2) is 11.5 Å². The molecule has 118 valence electrons. The van der Waals surface area contributed by atoms with E-state index < -0.39 is 0 Å². The molecule has 0 fully saturated rings. The molecule has 1 amide bonds. The second-order valence-corrected chi connectivity index (χ2v) is 4.68. The molecule has 1 aromatic rings. The maximum absolute atomic E-state index is 11.6. The molecule has 0 saturated carbocycles. The molecule has 6 nitrogen and oxygen atoms in total. The molecule has 0 aromatic heterocycles. The van der Waals surface area contributed by atoms with Gasteiger partial charge in [-0.3, -0.25) is 10.1 Å². The van der Waals surface area contributed by atoms with Crippen LogP contribution in [0.25, 0.3) is 0 Å². The van der Waals surface area contributed by atoms with Gasteiger partial charge in [-0.15, -0.1) is 0 Å². The number of hydrogen-bond acceptors (Lipinski definition) is 5. The van der Waals surface area contributed by atoms with Crippen LogP contribution in [0.1, 0.15) is 25.5 Å². The number of carbonyl (C=O) groups is 1. The second kappa shape index (κ2) is 7.73. The van der Waals surface area contributed by atoms with Crippen molar-refractivity contribution in [2.24, 2.45) is 0 Å². The lowest BCUT2D eigenvalue weighted by atomic mass is 10.1. The number of likely N-dealkylation sites (N-methyl/N-ethyl adjacent to an activating group) is 1. The first-order valence-electron chi connectivity index (χ1n) is 6.76. The fourth-order valence-electron chi connectivity index (χ4n) is 2.11. The van der Waals surface area contributed by atoms with Crippen LogP contribution in [0.5, 0.6) is 17.2 Å². The van der Waals surface area contributed by atoms with Crippen LogP contribution in [0, 0.1) is 0 Å². The van der Waals surface area contributed by atoms with Crippen LogP contribution in [-0.4, -0.2) is 40.3 Å². The van der Waals surface area contributed by atoms with Gasteiger partial charge in [-0.25, -0.2) is 0 Å². The Morgan fingerprint density at radius 2 is 1.57 bits per heavy atom. The van der Waals surface area contributed by atoms with Gasteiger partial charge in [0.2, 0.25) is 11.7 Å². The van der Waals surface area contributed by atoms with Gasteiger partial charge in [-0.05, 0) is 31.5 Å². The standard InChI is InChI=1S/C15H24N2O4/c1-9(17-10(2)15(18)16-3)11-7-12(19-4)14(21-6)13(8-11)20-5/h7-10,17H,1-6H3,(H,16,18). The molecule has 0 aliphatic rings. The van der Waals surface area contributed by atoms with Crippen molar-refractivity contribution in [3.8, 4) is 17.2 Å². The molecule has 0 heterocycles. The highest BCUT2D eigenvalue weighted by Gasteiger charge is 2.19. The summed E-state index contributed by atoms with van der Waals surface area (Å²) < 4.78 is 16.0. The average Bonchev–Trinajstić information content (AvgIpc) is 2.51. The van der Waals surface area contributed by atoms with Crippen molar-refractivity contribution in [2.75, 3.05) is 28.4 Å². The molecular formula is C15H24N2O4. The molecule has 0 bridgehead atoms. The van der Waals surface area contributed by atoms with Crippen LogP contribution in [0.2, 0.25) is 0 Å². The first-order valence-corrected chi connectivity index (χ1v) is 6.76. The number of ether oxygens (including phenoxy) is 3. The van der Waals surface area contributed by atoms with Crippen molar-refractivity contribution in [1.29, 1.82) is 0 Å². The van der Waals surface area contributed by atoms with Crippen molar-refractivity contribution in [2.45, 2.75) is 25.9 Å². The normalized spacial score (nSPS) is 13.2. The molecule has 21 heavy (non-hydrogen) atoms. The summed E-state index contributed by atoms with van der Waals surface area (Å²) in [6, 6.07) is 3.39. The predicted molar refractivity (Wildman–Crippen MR) is 81.2 cm³/mol. The summed E-state index contributed by atoms with van der Waals surface area (Å²) >= 11 is 0. The highest BCUT2D eigenvalue weighted by atomic mass is 16.5. The van der Waals surface area contributed by atoms with Crippen LogP contribution < -0.4 is 24.8 Å². The second-order valence-electron chi connectivity index (χ2n) is 4.68. The summed E-state index contributed by atoms with van der Waals surface area (Å²) in [7, 11) is 6.33. The topological polar surface area (TPSA) is 68.8 Å². The maximum Gasteiger partial charge on any atom is 0.236 e. The molecule has 0 saturated heterocycles. The maximum atomic E-state index is 11.6. The Morgan fingerprint density at radius 3 is 1.95 bits per heavy atom. The summed E-state index contributed by atoms with van der Waals surface area (Å²) in [5.41, 5.74) is 0.945. The number of hydrogen-bond donors (Lipinski definition) is 2. The van der Waals surface area contributed by atoms with Gasteiger partial charge in [0.1, 0.15) is 0 Å². The molecule has 6 heteroatoms. The average molecular weight is 296 g/mol. The number of methoxy groups -OCH3 is 3. The van der Waals surface area contributed by atoms with E-state index in [2.05, 4.69) is 10.6 Å². The Bertz CT molecular complexity index is 466. The highest BCUT2D eigenvalue weighted by molar-refractivity contribution is 5.81. The summed E-state index contributed by atoms with van der Waals surface area (Å²) in [6.45, 7) is 3.79. The van der Waals surface area contributed by atoms with E-state index in [9.17, 15) is 4.79 Å². The van der Waals surface area contributed by atoms with Crippen LogP contribution in [0.15, 0.2) is 12.1 Å². The van der Waals surface area contributed by atoms with E-state index in [0.717, 1.165) is 5.56 Å². The minimum atomic E-state index is -0.302. The van der Waals surface area contributed by atoms with E-state index in [1.807, 2.05) is 26.0 Å². The summed E-state index contributed by atoms with van der Waals surface area (Å²) in [6.07, 6.45) is 0. The molecule has 0 spiro atoms. The first kappa shape index (κ1) is 17.1. The van der Waals surface area contributed by atoms with E-state index in [4.69, 9.17) is 14.2 Å². The van der Waals surface area contributed by atoms with Gasteiger partial charge in [0.05, 0.1) is 27.4 Å². The smallest absolute Gasteiger partial charge is 0.236 e. The zero-order valence-electron chi connectivity index (χ0n) is 13.4. The molecular weight excluding hydrogens is 272 g/mol. The van der Waals surface area contributed by atoms with Gasteiger partial charge in [0.25, 0.3) is 0 Å².